The molecule has 92 valence electrons. The Hall–Kier alpha value is -2.09. The molecule has 2 nitrogen and oxygen atoms in total. The number of nitrogens with two attached hydrogens (primary N) is 1. The normalized spacial score (nSPS) is 10.4. The maximum atomic E-state index is 12.4. The molecule has 18 heavy (non-hydrogen) atoms. The van der Waals surface area contributed by atoms with Crippen molar-refractivity contribution in [1.82, 2.24) is 0 Å². The van der Waals surface area contributed by atoms with E-state index in [1.54, 1.807) is 6.07 Å². The number of rotatable bonds is 2. The molecule has 2 aromatic carbocycles. The van der Waals surface area contributed by atoms with Crippen LogP contribution in [0.25, 0.3) is 0 Å². The number of anilines is 1. The van der Waals surface area contributed by atoms with Gasteiger partial charge >= 0.3 is 0 Å². The zero-order valence-corrected chi connectivity index (χ0v) is 10.9. The molecule has 0 fully saturated rings. The highest BCUT2D eigenvalue weighted by Crippen LogP contribution is 2.19. The van der Waals surface area contributed by atoms with Crippen LogP contribution in [0.4, 0.5) is 5.69 Å². The Morgan fingerprint density at radius 2 is 1.67 bits per heavy atom. The lowest BCUT2D eigenvalue weighted by Gasteiger charge is -2.08. The van der Waals surface area contributed by atoms with Crippen LogP contribution < -0.4 is 5.73 Å². The monoisotopic (exact) mass is 239 g/mol. The molecule has 0 heterocycles. The zero-order chi connectivity index (χ0) is 13.3. The molecule has 2 N–H and O–H groups in total. The van der Waals surface area contributed by atoms with E-state index in [9.17, 15) is 4.79 Å². The van der Waals surface area contributed by atoms with E-state index in [1.165, 1.54) is 0 Å². The standard InChI is InChI=1S/C16H17NO/c1-10-4-7-14(12(3)8-10)16(18)13-6-5-11(2)15(17)9-13/h4-9H,17H2,1-3H3. The lowest BCUT2D eigenvalue weighted by atomic mass is 9.96. The third-order valence-electron chi connectivity index (χ3n) is 3.17. The lowest BCUT2D eigenvalue weighted by Crippen LogP contribution is -2.05. The summed E-state index contributed by atoms with van der Waals surface area (Å²) in [6.45, 7) is 5.91. The van der Waals surface area contributed by atoms with Crippen molar-refractivity contribution < 1.29 is 4.79 Å². The van der Waals surface area contributed by atoms with E-state index in [-0.39, 0.29) is 5.78 Å². The average molecular weight is 239 g/mol. The second kappa shape index (κ2) is 4.65. The van der Waals surface area contributed by atoms with Gasteiger partial charge in [0.1, 0.15) is 0 Å². The maximum absolute atomic E-state index is 12.4. The van der Waals surface area contributed by atoms with Gasteiger partial charge < -0.3 is 5.73 Å². The highest BCUT2D eigenvalue weighted by Gasteiger charge is 2.12. The van der Waals surface area contributed by atoms with Crippen LogP contribution in [0.15, 0.2) is 36.4 Å². The highest BCUT2D eigenvalue weighted by molar-refractivity contribution is 6.10. The summed E-state index contributed by atoms with van der Waals surface area (Å²) in [4.78, 5) is 12.4. The fourth-order valence-electron chi connectivity index (χ4n) is 2.01. The van der Waals surface area contributed by atoms with Gasteiger partial charge in [-0.15, -0.1) is 0 Å². The summed E-state index contributed by atoms with van der Waals surface area (Å²) >= 11 is 0. The van der Waals surface area contributed by atoms with E-state index in [2.05, 4.69) is 0 Å². The van der Waals surface area contributed by atoms with Gasteiger partial charge in [-0.2, -0.15) is 0 Å². The van der Waals surface area contributed by atoms with Crippen LogP contribution in [0.1, 0.15) is 32.6 Å². The van der Waals surface area contributed by atoms with Crippen LogP contribution in [0.3, 0.4) is 0 Å². The SMILES string of the molecule is Cc1ccc(C(=O)c2ccc(C)c(N)c2)c(C)c1. The van der Waals surface area contributed by atoms with Gasteiger partial charge in [-0.3, -0.25) is 4.79 Å². The summed E-state index contributed by atoms with van der Waals surface area (Å²) in [5.74, 6) is 0.0270. The zero-order valence-electron chi connectivity index (χ0n) is 10.9. The fourth-order valence-corrected chi connectivity index (χ4v) is 2.01. The molecule has 2 heteroatoms. The molecule has 0 aliphatic rings. The summed E-state index contributed by atoms with van der Waals surface area (Å²) in [5.41, 5.74) is 11.0. The van der Waals surface area contributed by atoms with Crippen molar-refractivity contribution in [3.8, 4) is 0 Å². The second-order valence-corrected chi connectivity index (χ2v) is 4.72. The van der Waals surface area contributed by atoms with E-state index in [0.717, 1.165) is 22.3 Å². The maximum Gasteiger partial charge on any atom is 0.193 e. The number of nitrogen functional groups attached to an aromatic ring is 1. The largest absolute Gasteiger partial charge is 0.398 e. The van der Waals surface area contributed by atoms with E-state index in [0.29, 0.717) is 11.3 Å². The van der Waals surface area contributed by atoms with E-state index in [4.69, 9.17) is 5.73 Å². The number of hydrogen-bond acceptors (Lipinski definition) is 2. The average Bonchev–Trinajstić information content (AvgIpc) is 2.32. The molecule has 0 unspecified atom stereocenters. The van der Waals surface area contributed by atoms with E-state index >= 15 is 0 Å². The van der Waals surface area contributed by atoms with E-state index < -0.39 is 0 Å². The van der Waals surface area contributed by atoms with Crippen molar-refractivity contribution in [3.05, 3.63) is 64.2 Å². The van der Waals surface area contributed by atoms with Gasteiger partial charge in [0.25, 0.3) is 0 Å². The Balaban J connectivity index is 2.44. The molecule has 0 aliphatic carbocycles. The van der Waals surface area contributed by atoms with Crippen molar-refractivity contribution in [2.75, 3.05) is 5.73 Å². The summed E-state index contributed by atoms with van der Waals surface area (Å²) in [6, 6.07) is 11.3. The van der Waals surface area contributed by atoms with Gasteiger partial charge in [-0.1, -0.05) is 35.9 Å². The Labute approximate surface area is 107 Å². The molecule has 0 amide bonds. The Morgan fingerprint density at radius 1 is 0.944 bits per heavy atom. The first-order valence-electron chi connectivity index (χ1n) is 5.97. The second-order valence-electron chi connectivity index (χ2n) is 4.72. The minimum atomic E-state index is 0.0270. The number of ketones is 1. The molecule has 0 atom stereocenters. The molecular formula is C16H17NO. The Bertz CT molecular complexity index is 614. The number of carbonyl (C=O) groups excluding carboxylic acids is 1. The van der Waals surface area contributed by atoms with Gasteiger partial charge in [0.2, 0.25) is 0 Å². The Morgan fingerprint density at radius 3 is 2.28 bits per heavy atom. The molecule has 0 aliphatic heterocycles. The number of benzene rings is 2. The molecule has 2 rings (SSSR count). The first-order chi connectivity index (χ1) is 8.49. The van der Waals surface area contributed by atoms with Crippen molar-refractivity contribution in [2.24, 2.45) is 0 Å². The molecular weight excluding hydrogens is 222 g/mol. The fraction of sp³-hybridized carbons (Fsp3) is 0.188. The molecule has 0 radical (unpaired) electrons. The van der Waals surface area contributed by atoms with Crippen molar-refractivity contribution >= 4 is 11.5 Å². The van der Waals surface area contributed by atoms with E-state index in [1.807, 2.05) is 51.1 Å². The lowest BCUT2D eigenvalue weighted by molar-refractivity contribution is 0.103. The third-order valence-corrected chi connectivity index (χ3v) is 3.17. The third kappa shape index (κ3) is 2.28. The predicted molar refractivity (Wildman–Crippen MR) is 74.9 cm³/mol. The summed E-state index contributed by atoms with van der Waals surface area (Å²) < 4.78 is 0. The van der Waals surface area contributed by atoms with Crippen LogP contribution in [0.2, 0.25) is 0 Å². The first kappa shape index (κ1) is 12.4. The highest BCUT2D eigenvalue weighted by atomic mass is 16.1. The predicted octanol–water partition coefficient (Wildman–Crippen LogP) is 3.43. The topological polar surface area (TPSA) is 43.1 Å². The molecule has 0 saturated heterocycles. The van der Waals surface area contributed by atoms with Gasteiger partial charge in [0, 0.05) is 16.8 Å². The van der Waals surface area contributed by atoms with Crippen LogP contribution in [0.5, 0.6) is 0 Å². The van der Waals surface area contributed by atoms with Crippen LogP contribution in [0, 0.1) is 20.8 Å². The van der Waals surface area contributed by atoms with Crippen molar-refractivity contribution in [2.45, 2.75) is 20.8 Å². The molecule has 0 spiro atoms. The van der Waals surface area contributed by atoms with Crippen molar-refractivity contribution in [3.63, 3.8) is 0 Å². The van der Waals surface area contributed by atoms with Crippen LogP contribution in [-0.2, 0) is 0 Å². The van der Waals surface area contributed by atoms with Gasteiger partial charge in [-0.25, -0.2) is 0 Å². The van der Waals surface area contributed by atoms with Gasteiger partial charge in [0.05, 0.1) is 0 Å². The number of aryl methyl sites for hydroxylation is 3. The minimum Gasteiger partial charge on any atom is -0.398 e. The molecule has 0 saturated carbocycles. The summed E-state index contributed by atoms with van der Waals surface area (Å²) in [7, 11) is 0. The summed E-state index contributed by atoms with van der Waals surface area (Å²) in [6.07, 6.45) is 0. The first-order valence-corrected chi connectivity index (χ1v) is 5.97. The smallest absolute Gasteiger partial charge is 0.193 e. The molecule has 2 aromatic rings. The van der Waals surface area contributed by atoms with Gasteiger partial charge in [-0.05, 0) is 38.0 Å². The Kier molecular flexibility index (Phi) is 3.19. The van der Waals surface area contributed by atoms with Gasteiger partial charge in [0.15, 0.2) is 5.78 Å². The minimum absolute atomic E-state index is 0.0270. The quantitative estimate of drug-likeness (QED) is 0.644. The number of hydrogen-bond donors (Lipinski definition) is 1. The van der Waals surface area contributed by atoms with Crippen LogP contribution >= 0.6 is 0 Å². The molecule has 0 aromatic heterocycles. The molecule has 0 bridgehead atoms. The van der Waals surface area contributed by atoms with Crippen molar-refractivity contribution in [1.29, 1.82) is 0 Å². The number of carbonyl (C=O) groups is 1. The summed E-state index contributed by atoms with van der Waals surface area (Å²) in [5, 5.41) is 0. The van der Waals surface area contributed by atoms with Crippen LogP contribution in [-0.4, -0.2) is 5.78 Å².